The van der Waals surface area contributed by atoms with Crippen molar-refractivity contribution in [3.8, 4) is 5.75 Å². The molecule has 0 fully saturated rings. The molecule has 0 aliphatic carbocycles. The number of nitrogens with one attached hydrogen (secondary N) is 2. The summed E-state index contributed by atoms with van der Waals surface area (Å²) in [6, 6.07) is 14.9. The summed E-state index contributed by atoms with van der Waals surface area (Å²) in [5.41, 5.74) is 3.23. The molecular weight excluding hydrogens is 270 g/mol. The molecule has 0 spiro atoms. The Bertz CT molecular complexity index is 669. The minimum Gasteiger partial charge on any atom is -0.508 e. The van der Waals surface area contributed by atoms with Crippen LogP contribution < -0.4 is 10.7 Å². The summed E-state index contributed by atoms with van der Waals surface area (Å²) >= 11 is 0. The number of carbonyl (C=O) groups is 2. The van der Waals surface area contributed by atoms with E-state index in [1.807, 2.05) is 0 Å². The van der Waals surface area contributed by atoms with Crippen molar-refractivity contribution in [2.75, 3.05) is 5.32 Å². The normalized spacial score (nSPS) is 10.3. The molecule has 0 bridgehead atoms. The SMILES string of the molecule is O=C(NN=Cc1cccc(O)c1)C(=O)Nc1ccccc1. The number of carbonyl (C=O) groups excluding carboxylic acids is 2. The number of anilines is 1. The maximum atomic E-state index is 11.6. The number of aromatic hydroxyl groups is 1. The molecule has 3 N–H and O–H groups in total. The Balaban J connectivity index is 1.88. The molecular formula is C15H13N3O3. The molecule has 0 atom stereocenters. The summed E-state index contributed by atoms with van der Waals surface area (Å²) in [5.74, 6) is -1.60. The van der Waals surface area contributed by atoms with Gasteiger partial charge in [-0.3, -0.25) is 9.59 Å². The van der Waals surface area contributed by atoms with E-state index in [-0.39, 0.29) is 5.75 Å². The number of phenolic OH excluding ortho intramolecular Hbond substituents is 1. The summed E-state index contributed by atoms with van der Waals surface area (Å²) in [7, 11) is 0. The Morgan fingerprint density at radius 1 is 1.00 bits per heavy atom. The highest BCUT2D eigenvalue weighted by atomic mass is 16.3. The lowest BCUT2D eigenvalue weighted by molar-refractivity contribution is -0.136. The van der Waals surface area contributed by atoms with Crippen LogP contribution in [-0.2, 0) is 9.59 Å². The summed E-state index contributed by atoms with van der Waals surface area (Å²) < 4.78 is 0. The number of nitrogens with zero attached hydrogens (tertiary/aromatic N) is 1. The lowest BCUT2D eigenvalue weighted by Crippen LogP contribution is -2.32. The topological polar surface area (TPSA) is 90.8 Å². The Hall–Kier alpha value is -3.15. The number of phenols is 1. The average molecular weight is 283 g/mol. The predicted octanol–water partition coefficient (Wildman–Crippen LogP) is 1.48. The van der Waals surface area contributed by atoms with Crippen LogP contribution in [0.3, 0.4) is 0 Å². The number of para-hydroxylation sites is 1. The largest absolute Gasteiger partial charge is 0.508 e. The standard InChI is InChI=1S/C15H13N3O3/c19-13-8-4-5-11(9-13)10-16-18-15(21)14(20)17-12-6-2-1-3-7-12/h1-10,19H,(H,17,20)(H,18,21). The van der Waals surface area contributed by atoms with Crippen LogP contribution in [0.5, 0.6) is 5.75 Å². The van der Waals surface area contributed by atoms with Crippen LogP contribution in [-0.4, -0.2) is 23.1 Å². The second kappa shape index (κ2) is 6.85. The molecule has 2 aromatic rings. The van der Waals surface area contributed by atoms with Crippen molar-refractivity contribution >= 4 is 23.7 Å². The number of benzene rings is 2. The van der Waals surface area contributed by atoms with Crippen LogP contribution >= 0.6 is 0 Å². The van der Waals surface area contributed by atoms with E-state index in [9.17, 15) is 14.7 Å². The molecule has 2 amide bonds. The number of hydrazone groups is 1. The summed E-state index contributed by atoms with van der Waals surface area (Å²) in [5, 5.41) is 15.3. The van der Waals surface area contributed by atoms with Gasteiger partial charge in [-0.15, -0.1) is 0 Å². The van der Waals surface area contributed by atoms with Gasteiger partial charge in [-0.25, -0.2) is 5.43 Å². The zero-order chi connectivity index (χ0) is 15.1. The summed E-state index contributed by atoms with van der Waals surface area (Å²) in [6.07, 6.45) is 1.33. The highest BCUT2D eigenvalue weighted by Crippen LogP contribution is 2.08. The van der Waals surface area contributed by atoms with E-state index in [4.69, 9.17) is 0 Å². The first-order chi connectivity index (χ1) is 10.1. The van der Waals surface area contributed by atoms with Crippen LogP contribution in [0.1, 0.15) is 5.56 Å². The minimum atomic E-state index is -0.879. The predicted molar refractivity (Wildman–Crippen MR) is 78.9 cm³/mol. The molecule has 2 aromatic carbocycles. The number of hydrogen-bond acceptors (Lipinski definition) is 4. The quantitative estimate of drug-likeness (QED) is 0.452. The van der Waals surface area contributed by atoms with E-state index >= 15 is 0 Å². The van der Waals surface area contributed by atoms with Crippen LogP contribution in [0.2, 0.25) is 0 Å². The first-order valence-corrected chi connectivity index (χ1v) is 6.13. The Morgan fingerprint density at radius 2 is 1.76 bits per heavy atom. The first kappa shape index (κ1) is 14.3. The van der Waals surface area contributed by atoms with Crippen LogP contribution in [0.4, 0.5) is 5.69 Å². The van der Waals surface area contributed by atoms with Gasteiger partial charge in [-0.05, 0) is 29.8 Å². The molecule has 6 nitrogen and oxygen atoms in total. The summed E-state index contributed by atoms with van der Waals surface area (Å²) in [6.45, 7) is 0. The van der Waals surface area contributed by atoms with Gasteiger partial charge >= 0.3 is 11.8 Å². The Labute approximate surface area is 121 Å². The lowest BCUT2D eigenvalue weighted by atomic mass is 10.2. The molecule has 0 aliphatic heterocycles. The van der Waals surface area contributed by atoms with E-state index < -0.39 is 11.8 Å². The molecule has 106 valence electrons. The molecule has 0 heterocycles. The maximum Gasteiger partial charge on any atom is 0.329 e. The number of rotatable bonds is 3. The van der Waals surface area contributed by atoms with Crippen molar-refractivity contribution in [2.45, 2.75) is 0 Å². The van der Waals surface area contributed by atoms with Gasteiger partial charge in [-0.1, -0.05) is 30.3 Å². The van der Waals surface area contributed by atoms with Crippen LogP contribution in [0.15, 0.2) is 59.7 Å². The van der Waals surface area contributed by atoms with E-state index in [0.717, 1.165) is 0 Å². The monoisotopic (exact) mass is 283 g/mol. The molecule has 0 aromatic heterocycles. The zero-order valence-corrected chi connectivity index (χ0v) is 11.0. The van der Waals surface area contributed by atoms with Gasteiger partial charge in [0.2, 0.25) is 0 Å². The third-order valence-electron chi connectivity index (χ3n) is 2.49. The lowest BCUT2D eigenvalue weighted by Gasteiger charge is -2.03. The third-order valence-corrected chi connectivity index (χ3v) is 2.49. The molecule has 0 saturated heterocycles. The smallest absolute Gasteiger partial charge is 0.329 e. The van der Waals surface area contributed by atoms with Gasteiger partial charge in [0.25, 0.3) is 0 Å². The molecule has 6 heteroatoms. The summed E-state index contributed by atoms with van der Waals surface area (Å²) in [4.78, 5) is 23.1. The number of amides is 2. The second-order valence-electron chi connectivity index (χ2n) is 4.11. The van der Waals surface area contributed by atoms with Crippen molar-refractivity contribution in [3.05, 3.63) is 60.2 Å². The third kappa shape index (κ3) is 4.46. The Kier molecular flexibility index (Phi) is 4.66. The van der Waals surface area contributed by atoms with Crippen molar-refractivity contribution in [3.63, 3.8) is 0 Å². The van der Waals surface area contributed by atoms with E-state index in [1.54, 1.807) is 42.5 Å². The maximum absolute atomic E-state index is 11.6. The van der Waals surface area contributed by atoms with Gasteiger partial charge < -0.3 is 10.4 Å². The first-order valence-electron chi connectivity index (χ1n) is 6.13. The fourth-order valence-corrected chi connectivity index (χ4v) is 1.53. The highest BCUT2D eigenvalue weighted by Gasteiger charge is 2.12. The fourth-order valence-electron chi connectivity index (χ4n) is 1.53. The molecule has 0 aliphatic rings. The van der Waals surface area contributed by atoms with Gasteiger partial charge in [0.15, 0.2) is 0 Å². The molecule has 0 radical (unpaired) electrons. The second-order valence-corrected chi connectivity index (χ2v) is 4.11. The minimum absolute atomic E-state index is 0.0899. The van der Waals surface area contributed by atoms with Crippen molar-refractivity contribution in [2.24, 2.45) is 5.10 Å². The van der Waals surface area contributed by atoms with Gasteiger partial charge in [0.05, 0.1) is 6.21 Å². The fraction of sp³-hybridized carbons (Fsp3) is 0. The van der Waals surface area contributed by atoms with E-state index in [0.29, 0.717) is 11.3 Å². The Morgan fingerprint density at radius 3 is 2.48 bits per heavy atom. The highest BCUT2D eigenvalue weighted by molar-refractivity contribution is 6.39. The molecule has 0 unspecified atom stereocenters. The van der Waals surface area contributed by atoms with Gasteiger partial charge in [-0.2, -0.15) is 5.10 Å². The van der Waals surface area contributed by atoms with Gasteiger partial charge in [0, 0.05) is 5.69 Å². The molecule has 2 rings (SSSR count). The molecule has 21 heavy (non-hydrogen) atoms. The van der Waals surface area contributed by atoms with E-state index in [1.165, 1.54) is 18.3 Å². The number of hydrogen-bond donors (Lipinski definition) is 3. The van der Waals surface area contributed by atoms with Crippen molar-refractivity contribution in [1.82, 2.24) is 5.43 Å². The van der Waals surface area contributed by atoms with Crippen LogP contribution in [0, 0.1) is 0 Å². The van der Waals surface area contributed by atoms with Crippen molar-refractivity contribution in [1.29, 1.82) is 0 Å². The van der Waals surface area contributed by atoms with Crippen LogP contribution in [0.25, 0.3) is 0 Å². The zero-order valence-electron chi connectivity index (χ0n) is 11.0. The molecule has 0 saturated carbocycles. The van der Waals surface area contributed by atoms with Crippen molar-refractivity contribution < 1.29 is 14.7 Å². The van der Waals surface area contributed by atoms with E-state index in [2.05, 4.69) is 15.8 Å². The van der Waals surface area contributed by atoms with Gasteiger partial charge in [0.1, 0.15) is 5.75 Å². The average Bonchev–Trinajstić information content (AvgIpc) is 2.48.